The molecule has 2 heterocycles. The van der Waals surface area contributed by atoms with Crippen LogP contribution in [0.1, 0.15) is 5.69 Å². The van der Waals surface area contributed by atoms with E-state index in [0.717, 1.165) is 13.1 Å². The molecular formula is C8H10N2Se. The van der Waals surface area contributed by atoms with Gasteiger partial charge in [-0.05, 0) is 0 Å². The Bertz CT molecular complexity index is 357. The zero-order valence-corrected chi connectivity index (χ0v) is 8.16. The van der Waals surface area contributed by atoms with Crippen molar-refractivity contribution in [3.8, 4) is 0 Å². The first kappa shape index (κ1) is 7.14. The van der Waals surface area contributed by atoms with Crippen LogP contribution in [0.5, 0.6) is 0 Å². The van der Waals surface area contributed by atoms with Crippen LogP contribution in [0.15, 0.2) is 18.2 Å². The van der Waals surface area contributed by atoms with Crippen LogP contribution in [0, 0.1) is 11.1 Å². The molecule has 0 radical (unpaired) electrons. The SMILES string of the molecule is Cc1cc(=[Se])n2n1CC=CC2. The zero-order chi connectivity index (χ0) is 7.84. The maximum atomic E-state index is 3.06. The summed E-state index contributed by atoms with van der Waals surface area (Å²) in [7, 11) is 0. The Morgan fingerprint density at radius 1 is 1.27 bits per heavy atom. The Morgan fingerprint density at radius 2 is 1.91 bits per heavy atom. The predicted octanol–water partition coefficient (Wildman–Crippen LogP) is 0.868. The molecule has 0 aromatic carbocycles. The molecular weight excluding hydrogens is 203 g/mol. The van der Waals surface area contributed by atoms with Crippen LogP contribution < -0.4 is 0 Å². The van der Waals surface area contributed by atoms with Gasteiger partial charge in [0.05, 0.1) is 0 Å². The normalized spacial score (nSPS) is 15.0. The Morgan fingerprint density at radius 3 is 2.55 bits per heavy atom. The van der Waals surface area contributed by atoms with E-state index in [1.807, 2.05) is 0 Å². The van der Waals surface area contributed by atoms with Crippen molar-refractivity contribution in [2.75, 3.05) is 0 Å². The second-order valence-electron chi connectivity index (χ2n) is 2.76. The fourth-order valence-electron chi connectivity index (χ4n) is 1.42. The van der Waals surface area contributed by atoms with E-state index in [-0.39, 0.29) is 0 Å². The molecule has 1 aromatic rings. The molecule has 0 saturated heterocycles. The van der Waals surface area contributed by atoms with Crippen LogP contribution in [0.3, 0.4) is 0 Å². The number of allylic oxidation sites excluding steroid dienone is 2. The van der Waals surface area contributed by atoms with Gasteiger partial charge in [0.25, 0.3) is 0 Å². The number of hydrogen-bond donors (Lipinski definition) is 0. The van der Waals surface area contributed by atoms with Crippen LogP contribution in [0.25, 0.3) is 0 Å². The van der Waals surface area contributed by atoms with E-state index in [9.17, 15) is 0 Å². The van der Waals surface area contributed by atoms with Gasteiger partial charge in [0.1, 0.15) is 0 Å². The Balaban J connectivity index is 2.66. The van der Waals surface area contributed by atoms with Crippen molar-refractivity contribution in [3.05, 3.63) is 28.1 Å². The van der Waals surface area contributed by atoms with Crippen LogP contribution in [-0.2, 0) is 13.1 Å². The molecule has 1 aliphatic rings. The summed E-state index contributed by atoms with van der Waals surface area (Å²) < 4.78 is 5.74. The summed E-state index contributed by atoms with van der Waals surface area (Å²) >= 11 is 3.06. The number of fused-ring (bicyclic) bond motifs is 1. The molecule has 0 bridgehead atoms. The first-order valence-corrected chi connectivity index (χ1v) is 4.57. The first-order valence-electron chi connectivity index (χ1n) is 3.71. The zero-order valence-electron chi connectivity index (χ0n) is 6.45. The molecule has 0 saturated carbocycles. The van der Waals surface area contributed by atoms with E-state index in [1.165, 1.54) is 9.89 Å². The average molecular weight is 213 g/mol. The topological polar surface area (TPSA) is 9.86 Å². The van der Waals surface area contributed by atoms with E-state index < -0.39 is 0 Å². The van der Waals surface area contributed by atoms with Gasteiger partial charge in [0.15, 0.2) is 0 Å². The number of nitrogens with zero attached hydrogens (tertiary/aromatic N) is 2. The molecule has 0 unspecified atom stereocenters. The van der Waals surface area contributed by atoms with Gasteiger partial charge in [0.2, 0.25) is 0 Å². The third-order valence-electron chi connectivity index (χ3n) is 2.01. The average Bonchev–Trinajstić information content (AvgIpc) is 2.30. The number of hydrogen-bond acceptors (Lipinski definition) is 0. The Hall–Kier alpha value is -0.531. The minimum absolute atomic E-state index is 0.996. The van der Waals surface area contributed by atoms with E-state index in [0.29, 0.717) is 0 Å². The second kappa shape index (κ2) is 2.50. The van der Waals surface area contributed by atoms with Crippen molar-refractivity contribution in [1.82, 2.24) is 9.36 Å². The fraction of sp³-hybridized carbons (Fsp3) is 0.375. The van der Waals surface area contributed by atoms with E-state index >= 15 is 0 Å². The molecule has 0 fully saturated rings. The van der Waals surface area contributed by atoms with Gasteiger partial charge in [-0.15, -0.1) is 0 Å². The van der Waals surface area contributed by atoms with Crippen molar-refractivity contribution in [2.24, 2.45) is 0 Å². The van der Waals surface area contributed by atoms with E-state index in [4.69, 9.17) is 0 Å². The van der Waals surface area contributed by atoms with Crippen LogP contribution in [0.2, 0.25) is 0 Å². The van der Waals surface area contributed by atoms with Gasteiger partial charge in [-0.1, -0.05) is 0 Å². The molecule has 3 heteroatoms. The molecule has 11 heavy (non-hydrogen) atoms. The summed E-state index contributed by atoms with van der Waals surface area (Å²) in [4.78, 5) is 0. The van der Waals surface area contributed by atoms with Crippen molar-refractivity contribution in [2.45, 2.75) is 20.0 Å². The molecule has 0 aliphatic carbocycles. The molecule has 0 spiro atoms. The van der Waals surface area contributed by atoms with Gasteiger partial charge in [0, 0.05) is 0 Å². The molecule has 2 nitrogen and oxygen atoms in total. The molecule has 0 amide bonds. The monoisotopic (exact) mass is 214 g/mol. The quantitative estimate of drug-likeness (QED) is 0.447. The Kier molecular flexibility index (Phi) is 1.62. The van der Waals surface area contributed by atoms with Gasteiger partial charge in [-0.25, -0.2) is 0 Å². The van der Waals surface area contributed by atoms with Gasteiger partial charge >= 0.3 is 73.1 Å². The summed E-state index contributed by atoms with van der Waals surface area (Å²) in [5, 5.41) is 0. The van der Waals surface area contributed by atoms with Gasteiger partial charge in [-0.3, -0.25) is 0 Å². The van der Waals surface area contributed by atoms with Crippen molar-refractivity contribution >= 4 is 15.6 Å². The summed E-state index contributed by atoms with van der Waals surface area (Å²) in [6, 6.07) is 2.17. The van der Waals surface area contributed by atoms with Gasteiger partial charge in [-0.2, -0.15) is 0 Å². The third-order valence-corrected chi connectivity index (χ3v) is 2.70. The third kappa shape index (κ3) is 1.05. The summed E-state index contributed by atoms with van der Waals surface area (Å²) in [5.74, 6) is 0. The summed E-state index contributed by atoms with van der Waals surface area (Å²) in [5.41, 5.74) is 1.32. The Labute approximate surface area is 73.5 Å². The molecule has 58 valence electrons. The van der Waals surface area contributed by atoms with Crippen LogP contribution in [0.4, 0.5) is 0 Å². The molecule has 1 aliphatic heterocycles. The number of aryl methyl sites for hydroxylation is 1. The van der Waals surface area contributed by atoms with Crippen molar-refractivity contribution < 1.29 is 0 Å². The minimum atomic E-state index is 0.996. The summed E-state index contributed by atoms with van der Waals surface area (Å²) in [6.07, 6.45) is 4.40. The van der Waals surface area contributed by atoms with E-state index in [2.05, 4.69) is 50.1 Å². The number of rotatable bonds is 0. The molecule has 2 rings (SSSR count). The first-order chi connectivity index (χ1) is 5.29. The molecule has 1 aromatic heterocycles. The van der Waals surface area contributed by atoms with Crippen LogP contribution in [-0.4, -0.2) is 24.9 Å². The maximum absolute atomic E-state index is 3.06. The molecule has 0 N–H and O–H groups in total. The van der Waals surface area contributed by atoms with Gasteiger partial charge < -0.3 is 0 Å². The standard InChI is InChI=1S/C8H10N2Se/c1-7-6-8(11)10-5-3-2-4-9(7)10/h2-3,6H,4-5H2,1H3. The second-order valence-corrected chi connectivity index (χ2v) is 3.64. The fourth-order valence-corrected chi connectivity index (χ4v) is 2.14. The number of aromatic nitrogens is 2. The van der Waals surface area contributed by atoms with Crippen LogP contribution >= 0.6 is 0 Å². The van der Waals surface area contributed by atoms with E-state index in [1.54, 1.807) is 0 Å². The molecule has 0 atom stereocenters. The van der Waals surface area contributed by atoms with Crippen molar-refractivity contribution in [3.63, 3.8) is 0 Å². The predicted molar refractivity (Wildman–Crippen MR) is 45.3 cm³/mol. The summed E-state index contributed by atoms with van der Waals surface area (Å²) in [6.45, 7) is 4.14. The van der Waals surface area contributed by atoms with Crippen molar-refractivity contribution in [1.29, 1.82) is 0 Å².